The predicted octanol–water partition coefficient (Wildman–Crippen LogP) is 2.07. The van der Waals surface area contributed by atoms with E-state index in [0.29, 0.717) is 0 Å². The van der Waals surface area contributed by atoms with Crippen LogP contribution < -0.4 is 0 Å². The van der Waals surface area contributed by atoms with Gasteiger partial charge in [-0.3, -0.25) is 19.2 Å². The van der Waals surface area contributed by atoms with E-state index >= 15 is 0 Å². The number of cyclic esters (lactones) is 2. The Bertz CT molecular complexity index is 1640. The van der Waals surface area contributed by atoms with Gasteiger partial charge in [-0.25, -0.2) is 9.59 Å². The van der Waals surface area contributed by atoms with Crippen LogP contribution in [0.25, 0.3) is 11.5 Å². The maximum Gasteiger partial charge on any atom is 0.339 e. The topological polar surface area (TPSA) is 202 Å². The van der Waals surface area contributed by atoms with E-state index in [-0.39, 0.29) is 35.1 Å². The van der Waals surface area contributed by atoms with Gasteiger partial charge in [-0.1, -0.05) is 0 Å². The van der Waals surface area contributed by atoms with Crippen molar-refractivity contribution in [2.24, 2.45) is 0 Å². The van der Waals surface area contributed by atoms with Crippen LogP contribution in [0.1, 0.15) is 77.5 Å². The summed E-state index contributed by atoms with van der Waals surface area (Å²) in [5.74, 6) is -11.7. The molecule has 0 saturated heterocycles. The summed E-state index contributed by atoms with van der Waals surface area (Å²) in [6.07, 6.45) is -1.00. The number of benzene rings is 2. The number of carbonyl (C=O) groups excluding carboxylic acids is 6. The zero-order valence-electron chi connectivity index (χ0n) is 20.8. The van der Waals surface area contributed by atoms with Gasteiger partial charge in [-0.05, 0) is 37.1 Å². The SMILES string of the molecule is C[C@@H]1Cc2cc(O)c3c(c2C(=O)O1)C(=O)C(=O)C(C1=C(O)c2c(O)cc4c(c2C(=O)C1=O)C(=O)O[C@H](C)C4)=C3O. The number of ether oxygens (including phenoxy) is 2. The van der Waals surface area contributed by atoms with Crippen molar-refractivity contribution in [3.8, 4) is 11.5 Å². The van der Waals surface area contributed by atoms with E-state index < -0.39 is 104 Å². The minimum Gasteiger partial charge on any atom is -0.507 e. The highest BCUT2D eigenvalue weighted by molar-refractivity contribution is 6.61. The Morgan fingerprint density at radius 1 is 0.550 bits per heavy atom. The molecule has 0 bridgehead atoms. The molecule has 2 heterocycles. The second kappa shape index (κ2) is 8.12. The minimum atomic E-state index is -1.57. The minimum absolute atomic E-state index is 0.0985. The Morgan fingerprint density at radius 2 is 0.900 bits per heavy atom. The molecule has 2 aromatic carbocycles. The van der Waals surface area contributed by atoms with E-state index in [1.165, 1.54) is 0 Å². The number of aromatic hydroxyl groups is 2. The van der Waals surface area contributed by atoms with Crippen molar-refractivity contribution >= 4 is 46.6 Å². The molecule has 0 aromatic heterocycles. The lowest BCUT2D eigenvalue weighted by Crippen LogP contribution is -2.36. The van der Waals surface area contributed by atoms with Crippen LogP contribution >= 0.6 is 0 Å². The van der Waals surface area contributed by atoms with E-state index in [4.69, 9.17) is 9.47 Å². The van der Waals surface area contributed by atoms with Crippen molar-refractivity contribution < 1.29 is 58.7 Å². The summed E-state index contributed by atoms with van der Waals surface area (Å²) in [4.78, 5) is 78.6. The van der Waals surface area contributed by atoms with Gasteiger partial charge in [0, 0.05) is 12.8 Å². The average molecular weight is 546 g/mol. The highest BCUT2D eigenvalue weighted by Gasteiger charge is 2.48. The molecule has 2 atom stereocenters. The fraction of sp³-hybridized carbons (Fsp3) is 0.214. The third-order valence-corrected chi connectivity index (χ3v) is 7.33. The van der Waals surface area contributed by atoms with Gasteiger partial charge in [-0.15, -0.1) is 0 Å². The number of carbonyl (C=O) groups is 6. The Morgan fingerprint density at radius 3 is 1.25 bits per heavy atom. The normalized spacial score (nSPS) is 21.9. The Balaban J connectivity index is 1.65. The molecule has 0 spiro atoms. The molecule has 12 heteroatoms. The maximum absolute atomic E-state index is 13.3. The molecule has 2 aliphatic carbocycles. The first-order chi connectivity index (χ1) is 18.8. The van der Waals surface area contributed by atoms with Crippen LogP contribution in [-0.4, -0.2) is 67.7 Å². The molecule has 40 heavy (non-hydrogen) atoms. The zero-order chi connectivity index (χ0) is 28.9. The lowest BCUT2D eigenvalue weighted by molar-refractivity contribution is -0.114. The largest absolute Gasteiger partial charge is 0.507 e. The van der Waals surface area contributed by atoms with Crippen LogP contribution in [0.15, 0.2) is 23.3 Å². The standard InChI is InChI=1S/C28H18O12/c1-7-3-9-5-11(29)15-17(13(9)27(37)39-7)23(33)25(35)19(21(15)31)20-22(32)16-12(30)6-10-4-8(2)40-28(38)14(10)18(16)24(34)26(20)36/h5-8,29-32H,3-4H2,1-2H3/t7-,8-/m1/s1. The number of ketones is 4. The molecule has 0 fully saturated rings. The molecule has 0 amide bonds. The fourth-order valence-electron chi connectivity index (χ4n) is 5.74. The third kappa shape index (κ3) is 3.12. The average Bonchev–Trinajstić information content (AvgIpc) is 2.86. The molecular weight excluding hydrogens is 528 g/mol. The molecule has 0 unspecified atom stereocenters. The number of hydrogen-bond donors (Lipinski definition) is 4. The van der Waals surface area contributed by atoms with Crippen molar-refractivity contribution in [2.45, 2.75) is 38.9 Å². The summed E-state index contributed by atoms with van der Waals surface area (Å²) in [7, 11) is 0. The summed E-state index contributed by atoms with van der Waals surface area (Å²) in [6, 6.07) is 2.20. The van der Waals surface area contributed by atoms with Gasteiger partial charge in [0.25, 0.3) is 0 Å². The van der Waals surface area contributed by atoms with Crippen LogP contribution in [-0.2, 0) is 31.9 Å². The summed E-state index contributed by atoms with van der Waals surface area (Å²) in [6.45, 7) is 3.15. The molecule has 2 aromatic rings. The van der Waals surface area contributed by atoms with Gasteiger partial charge in [-0.2, -0.15) is 0 Å². The number of phenols is 2. The first-order valence-electron chi connectivity index (χ1n) is 12.1. The number of aliphatic hydroxyl groups is 2. The summed E-state index contributed by atoms with van der Waals surface area (Å²) >= 11 is 0. The monoisotopic (exact) mass is 546 g/mol. The van der Waals surface area contributed by atoms with Gasteiger partial charge < -0.3 is 29.9 Å². The molecule has 0 radical (unpaired) electrons. The number of phenolic OH excluding ortho intramolecular Hbond substituents is 2. The van der Waals surface area contributed by atoms with Gasteiger partial charge in [0.05, 0.1) is 44.5 Å². The van der Waals surface area contributed by atoms with Crippen molar-refractivity contribution in [1.82, 2.24) is 0 Å². The Labute approximate surface area is 223 Å². The number of aliphatic hydroxyl groups excluding tert-OH is 2. The zero-order valence-corrected chi connectivity index (χ0v) is 20.8. The predicted molar refractivity (Wildman–Crippen MR) is 131 cm³/mol. The number of rotatable bonds is 1. The molecule has 6 rings (SSSR count). The van der Waals surface area contributed by atoms with E-state index in [1.807, 2.05) is 0 Å². The number of fused-ring (bicyclic) bond motifs is 6. The van der Waals surface area contributed by atoms with Crippen molar-refractivity contribution in [3.05, 3.63) is 67.8 Å². The molecule has 4 N–H and O–H groups in total. The van der Waals surface area contributed by atoms with Crippen LogP contribution in [0, 0.1) is 0 Å². The van der Waals surface area contributed by atoms with Crippen molar-refractivity contribution in [2.75, 3.05) is 0 Å². The highest BCUT2D eigenvalue weighted by atomic mass is 16.5. The van der Waals surface area contributed by atoms with Gasteiger partial charge >= 0.3 is 11.9 Å². The second-order valence-corrected chi connectivity index (χ2v) is 9.96. The molecule has 4 aliphatic rings. The quantitative estimate of drug-likeness (QED) is 0.300. The molecule has 12 nitrogen and oxygen atoms in total. The second-order valence-electron chi connectivity index (χ2n) is 9.96. The van der Waals surface area contributed by atoms with Crippen LogP contribution in [0.3, 0.4) is 0 Å². The Hall–Kier alpha value is -5.26. The smallest absolute Gasteiger partial charge is 0.339 e. The van der Waals surface area contributed by atoms with E-state index in [2.05, 4.69) is 0 Å². The van der Waals surface area contributed by atoms with Gasteiger partial charge in [0.1, 0.15) is 35.2 Å². The fourth-order valence-corrected chi connectivity index (χ4v) is 5.74. The number of Topliss-reactive ketones (excluding diaryl/α,β-unsaturated/α-hetero) is 4. The van der Waals surface area contributed by atoms with E-state index in [0.717, 1.165) is 12.1 Å². The molecule has 202 valence electrons. The van der Waals surface area contributed by atoms with Gasteiger partial charge in [0.2, 0.25) is 23.1 Å². The van der Waals surface area contributed by atoms with Crippen LogP contribution in [0.5, 0.6) is 11.5 Å². The summed E-state index contributed by atoms with van der Waals surface area (Å²) in [5.41, 5.74) is -5.22. The highest BCUT2D eigenvalue weighted by Crippen LogP contribution is 2.46. The Kier molecular flexibility index (Phi) is 5.08. The van der Waals surface area contributed by atoms with Crippen molar-refractivity contribution in [3.63, 3.8) is 0 Å². The number of allylic oxidation sites excluding steroid dienone is 2. The van der Waals surface area contributed by atoms with Gasteiger partial charge in [0.15, 0.2) is 0 Å². The first kappa shape index (κ1) is 25.0. The lowest BCUT2D eigenvalue weighted by atomic mass is 9.75. The number of hydrogen-bond acceptors (Lipinski definition) is 12. The maximum atomic E-state index is 13.3. The molecular formula is C28H18O12. The first-order valence-corrected chi connectivity index (χ1v) is 12.1. The molecule has 0 saturated carbocycles. The number of esters is 2. The molecule has 2 aliphatic heterocycles. The van der Waals surface area contributed by atoms with Crippen LogP contribution in [0.4, 0.5) is 0 Å². The van der Waals surface area contributed by atoms with E-state index in [9.17, 15) is 49.2 Å². The summed E-state index contributed by atoms with van der Waals surface area (Å²) in [5, 5.41) is 43.7. The third-order valence-electron chi connectivity index (χ3n) is 7.33. The van der Waals surface area contributed by atoms with Crippen molar-refractivity contribution in [1.29, 1.82) is 0 Å². The van der Waals surface area contributed by atoms with Crippen LogP contribution in [0.2, 0.25) is 0 Å². The lowest BCUT2D eigenvalue weighted by Gasteiger charge is -2.29. The van der Waals surface area contributed by atoms with E-state index in [1.54, 1.807) is 13.8 Å². The summed E-state index contributed by atoms with van der Waals surface area (Å²) < 4.78 is 10.3.